The lowest BCUT2D eigenvalue weighted by molar-refractivity contribution is -0.117. The van der Waals surface area contributed by atoms with E-state index in [1.54, 1.807) is 0 Å². The second-order valence-corrected chi connectivity index (χ2v) is 15.3. The van der Waals surface area contributed by atoms with Gasteiger partial charge in [-0.05, 0) is 110 Å². The highest BCUT2D eigenvalue weighted by molar-refractivity contribution is 7.88. The zero-order valence-corrected chi connectivity index (χ0v) is 22.6. The molecule has 186 valence electrons. The quantitative estimate of drug-likeness (QED) is 0.439. The topological polar surface area (TPSA) is 46.2 Å². The Labute approximate surface area is 199 Å². The SMILES string of the molecule is CC(C)CCCC(C)C1CCC2C3CCC4CC(NS(C)(=O)=O)CCC4(C)C3CCC12C. The minimum Gasteiger partial charge on any atom is -0.213 e. The van der Waals surface area contributed by atoms with Gasteiger partial charge >= 0.3 is 0 Å². The molecule has 0 aromatic heterocycles. The maximum atomic E-state index is 11.8. The molecular weight excluding hydrogens is 414 g/mol. The second kappa shape index (κ2) is 9.17. The Balaban J connectivity index is 1.43. The van der Waals surface area contributed by atoms with Gasteiger partial charge in [-0.1, -0.05) is 53.9 Å². The van der Waals surface area contributed by atoms with Gasteiger partial charge in [0.25, 0.3) is 0 Å². The summed E-state index contributed by atoms with van der Waals surface area (Å²) >= 11 is 0. The summed E-state index contributed by atoms with van der Waals surface area (Å²) in [6, 6.07) is 0.163. The Morgan fingerprint density at radius 2 is 1.56 bits per heavy atom. The average Bonchev–Trinajstić information content (AvgIpc) is 3.04. The lowest BCUT2D eigenvalue weighted by Crippen LogP contribution is -2.55. The van der Waals surface area contributed by atoms with E-state index in [9.17, 15) is 8.42 Å². The predicted octanol–water partition coefficient (Wildman–Crippen LogP) is 7.03. The molecule has 4 fully saturated rings. The first-order valence-electron chi connectivity index (χ1n) is 13.9. The summed E-state index contributed by atoms with van der Waals surface area (Å²) in [5.41, 5.74) is 0.998. The van der Waals surface area contributed by atoms with E-state index in [2.05, 4.69) is 39.3 Å². The predicted molar refractivity (Wildman–Crippen MR) is 135 cm³/mol. The van der Waals surface area contributed by atoms with Crippen LogP contribution >= 0.6 is 0 Å². The summed E-state index contributed by atoms with van der Waals surface area (Å²) in [6.45, 7) is 12.6. The van der Waals surface area contributed by atoms with Crippen molar-refractivity contribution in [2.24, 2.45) is 52.3 Å². The number of nitrogens with one attached hydrogen (secondary N) is 1. The van der Waals surface area contributed by atoms with Gasteiger partial charge in [0.05, 0.1) is 6.26 Å². The largest absolute Gasteiger partial charge is 0.213 e. The molecule has 0 spiro atoms. The molecule has 0 aromatic rings. The smallest absolute Gasteiger partial charge is 0.208 e. The van der Waals surface area contributed by atoms with E-state index in [0.29, 0.717) is 16.7 Å². The minimum absolute atomic E-state index is 0.163. The van der Waals surface area contributed by atoms with Gasteiger partial charge in [0.2, 0.25) is 10.0 Å². The third-order valence-electron chi connectivity index (χ3n) is 11.2. The van der Waals surface area contributed by atoms with Crippen LogP contribution in [0.2, 0.25) is 0 Å². The van der Waals surface area contributed by atoms with Crippen molar-refractivity contribution in [3.8, 4) is 0 Å². The molecule has 0 heterocycles. The summed E-state index contributed by atoms with van der Waals surface area (Å²) in [4.78, 5) is 0. The van der Waals surface area contributed by atoms with Gasteiger partial charge < -0.3 is 0 Å². The third kappa shape index (κ3) is 4.70. The molecule has 9 unspecified atom stereocenters. The number of fused-ring (bicyclic) bond motifs is 5. The molecule has 9 atom stereocenters. The Kier molecular flexibility index (Phi) is 7.17. The van der Waals surface area contributed by atoms with Crippen LogP contribution in [-0.4, -0.2) is 20.7 Å². The van der Waals surface area contributed by atoms with Crippen LogP contribution in [0.1, 0.15) is 112 Å². The molecule has 3 nitrogen and oxygen atoms in total. The summed E-state index contributed by atoms with van der Waals surface area (Å²) in [5.74, 6) is 6.07. The maximum absolute atomic E-state index is 11.8. The molecule has 0 amide bonds. The molecule has 4 heteroatoms. The normalized spacial score (nSPS) is 45.2. The van der Waals surface area contributed by atoms with Crippen LogP contribution < -0.4 is 4.72 Å². The van der Waals surface area contributed by atoms with Crippen molar-refractivity contribution in [3.63, 3.8) is 0 Å². The number of hydrogen-bond donors (Lipinski definition) is 1. The standard InChI is InChI=1S/C28H51NO2S/c1-19(2)8-7-9-20(3)24-12-13-25-23-11-10-21-18-22(29-32(6,30)31)14-16-27(21,4)26(23)15-17-28(24,25)5/h19-26,29H,7-18H2,1-6H3. The van der Waals surface area contributed by atoms with E-state index in [-0.39, 0.29) is 6.04 Å². The Morgan fingerprint density at radius 1 is 0.875 bits per heavy atom. The molecule has 0 aliphatic heterocycles. The van der Waals surface area contributed by atoms with Crippen molar-refractivity contribution in [2.75, 3.05) is 6.26 Å². The third-order valence-corrected chi connectivity index (χ3v) is 12.0. The van der Waals surface area contributed by atoms with Crippen LogP contribution in [0.4, 0.5) is 0 Å². The lowest BCUT2D eigenvalue weighted by atomic mass is 9.44. The first-order chi connectivity index (χ1) is 14.9. The molecule has 0 radical (unpaired) electrons. The van der Waals surface area contributed by atoms with Crippen LogP contribution in [0.25, 0.3) is 0 Å². The first-order valence-corrected chi connectivity index (χ1v) is 15.8. The van der Waals surface area contributed by atoms with Gasteiger partial charge in [-0.25, -0.2) is 13.1 Å². The van der Waals surface area contributed by atoms with E-state index in [0.717, 1.165) is 48.3 Å². The molecule has 0 bridgehead atoms. The number of hydrogen-bond acceptors (Lipinski definition) is 2. The molecular formula is C28H51NO2S. The first kappa shape index (κ1) is 25.0. The van der Waals surface area contributed by atoms with E-state index >= 15 is 0 Å². The zero-order chi connectivity index (χ0) is 23.3. The molecule has 4 aliphatic rings. The number of sulfonamides is 1. The molecule has 0 saturated heterocycles. The Bertz CT molecular complexity index is 763. The van der Waals surface area contributed by atoms with Crippen molar-refractivity contribution >= 4 is 10.0 Å². The van der Waals surface area contributed by atoms with Crippen LogP contribution in [0.5, 0.6) is 0 Å². The Hall–Kier alpha value is -0.0900. The minimum atomic E-state index is -3.10. The fourth-order valence-electron chi connectivity index (χ4n) is 9.69. The molecule has 32 heavy (non-hydrogen) atoms. The molecule has 4 rings (SSSR count). The lowest BCUT2D eigenvalue weighted by Gasteiger charge is -2.61. The highest BCUT2D eigenvalue weighted by Gasteiger charge is 2.60. The summed E-state index contributed by atoms with van der Waals surface area (Å²) in [7, 11) is -3.10. The summed E-state index contributed by atoms with van der Waals surface area (Å²) < 4.78 is 26.5. The average molecular weight is 466 g/mol. The van der Waals surface area contributed by atoms with Gasteiger partial charge in [-0.2, -0.15) is 0 Å². The van der Waals surface area contributed by atoms with Gasteiger partial charge in [0.15, 0.2) is 0 Å². The summed E-state index contributed by atoms with van der Waals surface area (Å²) in [6.07, 6.45) is 17.3. The van der Waals surface area contributed by atoms with Crippen molar-refractivity contribution in [1.82, 2.24) is 4.72 Å². The highest BCUT2D eigenvalue weighted by Crippen LogP contribution is 2.68. The van der Waals surface area contributed by atoms with E-state index in [1.165, 1.54) is 70.5 Å². The molecule has 4 saturated carbocycles. The number of rotatable bonds is 7. The molecule has 1 N–H and O–H groups in total. The fraction of sp³-hybridized carbons (Fsp3) is 1.00. The van der Waals surface area contributed by atoms with Crippen molar-refractivity contribution in [3.05, 3.63) is 0 Å². The zero-order valence-electron chi connectivity index (χ0n) is 21.8. The highest BCUT2D eigenvalue weighted by atomic mass is 32.2. The van der Waals surface area contributed by atoms with Crippen LogP contribution in [0.3, 0.4) is 0 Å². The van der Waals surface area contributed by atoms with E-state index in [4.69, 9.17) is 0 Å². The summed E-state index contributed by atoms with van der Waals surface area (Å²) in [5, 5.41) is 0. The maximum Gasteiger partial charge on any atom is 0.208 e. The van der Waals surface area contributed by atoms with E-state index in [1.807, 2.05) is 0 Å². The van der Waals surface area contributed by atoms with Crippen LogP contribution in [-0.2, 0) is 10.0 Å². The fourth-order valence-corrected chi connectivity index (χ4v) is 10.5. The molecule has 0 aromatic carbocycles. The van der Waals surface area contributed by atoms with E-state index < -0.39 is 10.0 Å². The molecule has 4 aliphatic carbocycles. The van der Waals surface area contributed by atoms with Crippen molar-refractivity contribution in [1.29, 1.82) is 0 Å². The van der Waals surface area contributed by atoms with Crippen LogP contribution in [0, 0.1) is 52.3 Å². The van der Waals surface area contributed by atoms with Gasteiger partial charge in [0.1, 0.15) is 0 Å². The second-order valence-electron chi connectivity index (χ2n) is 13.5. The monoisotopic (exact) mass is 465 g/mol. The van der Waals surface area contributed by atoms with Gasteiger partial charge in [-0.15, -0.1) is 0 Å². The Morgan fingerprint density at radius 3 is 2.25 bits per heavy atom. The van der Waals surface area contributed by atoms with Crippen molar-refractivity contribution in [2.45, 2.75) is 118 Å². The van der Waals surface area contributed by atoms with Gasteiger partial charge in [0, 0.05) is 6.04 Å². The van der Waals surface area contributed by atoms with Gasteiger partial charge in [-0.3, -0.25) is 0 Å². The van der Waals surface area contributed by atoms with Crippen molar-refractivity contribution < 1.29 is 8.42 Å². The van der Waals surface area contributed by atoms with Crippen LogP contribution in [0.15, 0.2) is 0 Å².